The van der Waals surface area contributed by atoms with Crippen LogP contribution in [0.2, 0.25) is 5.15 Å². The number of halogens is 2. The van der Waals surface area contributed by atoms with E-state index in [-0.39, 0.29) is 12.1 Å². The van der Waals surface area contributed by atoms with Crippen LogP contribution in [0.4, 0.5) is 4.79 Å². The molecular formula is C17H27BrClN3O2S. The van der Waals surface area contributed by atoms with Crippen LogP contribution in [-0.4, -0.2) is 51.8 Å². The number of piperazine rings is 1. The highest BCUT2D eigenvalue weighted by atomic mass is 79.9. The molecule has 0 saturated carbocycles. The summed E-state index contributed by atoms with van der Waals surface area (Å²) in [6, 6.07) is 3.83. The Kier molecular flexibility index (Phi) is 9.01. The fourth-order valence-corrected chi connectivity index (χ4v) is 3.91. The molecule has 1 unspecified atom stereocenters. The van der Waals surface area contributed by atoms with Gasteiger partial charge in [0.05, 0.1) is 6.04 Å². The molecule has 1 aliphatic rings. The largest absolute Gasteiger partial charge is 0.444 e. The van der Waals surface area contributed by atoms with Crippen LogP contribution in [0.3, 0.4) is 0 Å². The van der Waals surface area contributed by atoms with Crippen LogP contribution in [0.25, 0.3) is 0 Å². The summed E-state index contributed by atoms with van der Waals surface area (Å²) in [6.07, 6.45) is 1.76. The lowest BCUT2D eigenvalue weighted by atomic mass is 10.1. The van der Waals surface area contributed by atoms with Crippen molar-refractivity contribution in [1.29, 1.82) is 0 Å². The molecule has 8 heteroatoms. The minimum absolute atomic E-state index is 0.0445. The van der Waals surface area contributed by atoms with Crippen LogP contribution in [0.1, 0.15) is 46.2 Å². The molecule has 1 fully saturated rings. The molecule has 0 N–H and O–H groups in total. The Morgan fingerprint density at radius 1 is 1.36 bits per heavy atom. The summed E-state index contributed by atoms with van der Waals surface area (Å²) >= 11 is 11.1. The van der Waals surface area contributed by atoms with Crippen LogP contribution in [0.15, 0.2) is 16.7 Å². The summed E-state index contributed by atoms with van der Waals surface area (Å²) in [6.45, 7) is 11.6. The highest BCUT2D eigenvalue weighted by molar-refractivity contribution is 9.10. The van der Waals surface area contributed by atoms with E-state index in [0.717, 1.165) is 12.1 Å². The first-order valence-corrected chi connectivity index (χ1v) is 10.7. The fourth-order valence-electron chi connectivity index (χ4n) is 2.42. The maximum Gasteiger partial charge on any atom is 0.410 e. The Bertz CT molecular complexity index is 563. The van der Waals surface area contributed by atoms with Gasteiger partial charge in [0.25, 0.3) is 0 Å². The Hall–Kier alpha value is -0.500. The molecule has 0 aliphatic carbocycles. The molecule has 1 atom stereocenters. The standard InChI is InChI=1S/C15H21BrClN3O2S.C2H6/c1-15(2,3)22-14(21)19-5-6-20(23-4)11(9-19)10-7-12(16)18-13(17)8-10;1-2/h7-8,11H,5-6,9H2,1-4H3;1-2H3. The highest BCUT2D eigenvalue weighted by Crippen LogP contribution is 2.32. The second-order valence-corrected chi connectivity index (χ2v) is 8.35. The van der Waals surface area contributed by atoms with Gasteiger partial charge < -0.3 is 9.64 Å². The number of rotatable bonds is 2. The minimum atomic E-state index is -0.494. The van der Waals surface area contributed by atoms with Gasteiger partial charge in [0.15, 0.2) is 0 Å². The molecule has 1 amide bonds. The molecule has 0 bridgehead atoms. The molecular weight excluding hydrogens is 426 g/mol. The van der Waals surface area contributed by atoms with Crippen LogP contribution < -0.4 is 0 Å². The molecule has 2 rings (SSSR count). The Morgan fingerprint density at radius 3 is 2.52 bits per heavy atom. The van der Waals surface area contributed by atoms with E-state index in [0.29, 0.717) is 22.8 Å². The van der Waals surface area contributed by atoms with Gasteiger partial charge in [-0.3, -0.25) is 0 Å². The normalized spacial score (nSPS) is 18.4. The van der Waals surface area contributed by atoms with E-state index >= 15 is 0 Å². The third-order valence-corrected chi connectivity index (χ3v) is 4.89. The molecule has 1 aromatic heterocycles. The van der Waals surface area contributed by atoms with E-state index in [1.54, 1.807) is 16.8 Å². The summed E-state index contributed by atoms with van der Waals surface area (Å²) in [5.41, 5.74) is 0.533. The Morgan fingerprint density at radius 2 is 2.00 bits per heavy atom. The third-order valence-electron chi connectivity index (χ3n) is 3.39. The smallest absolute Gasteiger partial charge is 0.410 e. The second kappa shape index (κ2) is 10.00. The van der Waals surface area contributed by atoms with Crippen molar-refractivity contribution < 1.29 is 9.53 Å². The van der Waals surface area contributed by atoms with Gasteiger partial charge in [-0.2, -0.15) is 0 Å². The first-order valence-electron chi connectivity index (χ1n) is 8.31. The van der Waals surface area contributed by atoms with Gasteiger partial charge >= 0.3 is 6.09 Å². The summed E-state index contributed by atoms with van der Waals surface area (Å²) < 4.78 is 8.43. The zero-order valence-corrected chi connectivity index (χ0v) is 18.8. The number of aromatic nitrogens is 1. The van der Waals surface area contributed by atoms with Gasteiger partial charge in [-0.15, -0.1) is 0 Å². The predicted molar refractivity (Wildman–Crippen MR) is 109 cm³/mol. The lowest BCUT2D eigenvalue weighted by Gasteiger charge is -2.40. The molecule has 1 aliphatic heterocycles. The number of carbonyl (C=O) groups excluding carboxylic acids is 1. The topological polar surface area (TPSA) is 45.7 Å². The number of pyridine rings is 1. The lowest BCUT2D eigenvalue weighted by molar-refractivity contribution is 0.0140. The number of nitrogens with zero attached hydrogens (tertiary/aromatic N) is 3. The molecule has 0 spiro atoms. The fraction of sp³-hybridized carbons (Fsp3) is 0.647. The molecule has 2 heterocycles. The molecule has 142 valence electrons. The van der Waals surface area contributed by atoms with E-state index in [1.807, 2.05) is 53.0 Å². The van der Waals surface area contributed by atoms with Crippen molar-refractivity contribution in [2.45, 2.75) is 46.3 Å². The maximum absolute atomic E-state index is 12.4. The number of hydrogen-bond acceptors (Lipinski definition) is 5. The van der Waals surface area contributed by atoms with E-state index in [9.17, 15) is 4.79 Å². The van der Waals surface area contributed by atoms with Crippen LogP contribution in [-0.2, 0) is 4.74 Å². The van der Waals surface area contributed by atoms with Crippen LogP contribution in [0, 0.1) is 0 Å². The van der Waals surface area contributed by atoms with Gasteiger partial charge in [0.1, 0.15) is 15.4 Å². The van der Waals surface area contributed by atoms with Crippen molar-refractivity contribution >= 4 is 45.6 Å². The molecule has 1 saturated heterocycles. The van der Waals surface area contributed by atoms with Gasteiger partial charge in [-0.25, -0.2) is 14.1 Å². The van der Waals surface area contributed by atoms with E-state index in [1.165, 1.54) is 0 Å². The predicted octanol–water partition coefficient (Wildman–Crippen LogP) is 5.40. The molecule has 5 nitrogen and oxygen atoms in total. The SMILES string of the molecule is CC.CSN1CCN(C(=O)OC(C)(C)C)CC1c1cc(Cl)nc(Br)c1. The molecule has 1 aromatic rings. The number of ether oxygens (including phenoxy) is 1. The first-order chi connectivity index (χ1) is 11.7. The Labute approximate surface area is 168 Å². The van der Waals surface area contributed by atoms with Crippen molar-refractivity contribution in [1.82, 2.24) is 14.2 Å². The van der Waals surface area contributed by atoms with Crippen molar-refractivity contribution in [3.8, 4) is 0 Å². The van der Waals surface area contributed by atoms with E-state index in [2.05, 4.69) is 25.2 Å². The maximum atomic E-state index is 12.4. The number of amides is 1. The average Bonchev–Trinajstić information content (AvgIpc) is 2.53. The number of carbonyl (C=O) groups is 1. The zero-order chi connectivity index (χ0) is 19.2. The van der Waals surface area contributed by atoms with Crippen molar-refractivity contribution in [2.75, 3.05) is 25.9 Å². The van der Waals surface area contributed by atoms with Crippen molar-refractivity contribution in [3.63, 3.8) is 0 Å². The van der Waals surface area contributed by atoms with Gasteiger partial charge in [-0.05, 0) is 60.7 Å². The molecule has 0 radical (unpaired) electrons. The summed E-state index contributed by atoms with van der Waals surface area (Å²) in [4.78, 5) is 18.2. The minimum Gasteiger partial charge on any atom is -0.444 e. The third kappa shape index (κ3) is 6.96. The summed E-state index contributed by atoms with van der Waals surface area (Å²) in [7, 11) is 0. The van der Waals surface area contributed by atoms with E-state index in [4.69, 9.17) is 16.3 Å². The van der Waals surface area contributed by atoms with Crippen molar-refractivity contribution in [2.24, 2.45) is 0 Å². The average molecular weight is 453 g/mol. The van der Waals surface area contributed by atoms with Gasteiger partial charge in [0, 0.05) is 19.6 Å². The molecule has 25 heavy (non-hydrogen) atoms. The lowest BCUT2D eigenvalue weighted by Crippen LogP contribution is -2.49. The zero-order valence-electron chi connectivity index (χ0n) is 15.7. The summed E-state index contributed by atoms with van der Waals surface area (Å²) in [5, 5.41) is 0.435. The first kappa shape index (κ1) is 22.5. The van der Waals surface area contributed by atoms with Crippen LogP contribution in [0.5, 0.6) is 0 Å². The van der Waals surface area contributed by atoms with Gasteiger partial charge in [0.2, 0.25) is 0 Å². The molecule has 0 aromatic carbocycles. The Balaban J connectivity index is 0.00000151. The second-order valence-electron chi connectivity index (χ2n) is 6.31. The van der Waals surface area contributed by atoms with Crippen molar-refractivity contribution in [3.05, 3.63) is 27.5 Å². The number of hydrogen-bond donors (Lipinski definition) is 0. The van der Waals surface area contributed by atoms with Crippen LogP contribution >= 0.6 is 39.5 Å². The monoisotopic (exact) mass is 451 g/mol. The van der Waals surface area contributed by atoms with Gasteiger partial charge in [-0.1, -0.05) is 37.4 Å². The highest BCUT2D eigenvalue weighted by Gasteiger charge is 2.33. The van der Waals surface area contributed by atoms with E-state index < -0.39 is 5.60 Å². The quantitative estimate of drug-likeness (QED) is 0.444. The summed E-state index contributed by atoms with van der Waals surface area (Å²) in [5.74, 6) is 0.